The van der Waals surface area contributed by atoms with Gasteiger partial charge in [0.1, 0.15) is 12.5 Å². The summed E-state index contributed by atoms with van der Waals surface area (Å²) < 4.78 is 12.1. The van der Waals surface area contributed by atoms with E-state index in [-0.39, 0.29) is 18.6 Å². The van der Waals surface area contributed by atoms with Gasteiger partial charge in [0, 0.05) is 38.8 Å². The molecule has 0 aromatic carbocycles. The van der Waals surface area contributed by atoms with Gasteiger partial charge in [0.25, 0.3) is 0 Å². The lowest BCUT2D eigenvalue weighted by Crippen LogP contribution is -2.68. The quantitative estimate of drug-likeness (QED) is 0.379. The molecule has 0 radical (unpaired) electrons. The Morgan fingerprint density at radius 1 is 1.14 bits per heavy atom. The lowest BCUT2D eigenvalue weighted by molar-refractivity contribution is -0.101. The fraction of sp³-hybridized carbons (Fsp3) is 1.00. The van der Waals surface area contributed by atoms with Gasteiger partial charge >= 0.3 is 0 Å². The zero-order valence-electron chi connectivity index (χ0n) is 17.6. The molecule has 5 N–H and O–H groups in total. The standard InChI is InChI=1S/C20H40N6O2/c1-21-18-6-8-22-20(25-18)24-15-10-17(19(27-2)23-11-15)28-13-14-7-9-26(12-14)16-4-3-5-16/h14-25H,3-13H2,1-2H3/t14-,15?,17?,18?,19?,20?/m1/s1. The minimum absolute atomic E-state index is 0.0143. The van der Waals surface area contributed by atoms with Crippen molar-refractivity contribution < 1.29 is 9.47 Å². The van der Waals surface area contributed by atoms with E-state index in [0.717, 1.165) is 38.6 Å². The van der Waals surface area contributed by atoms with E-state index in [0.29, 0.717) is 18.1 Å². The van der Waals surface area contributed by atoms with E-state index in [1.54, 1.807) is 7.11 Å². The van der Waals surface area contributed by atoms with Crippen LogP contribution in [0.3, 0.4) is 0 Å². The van der Waals surface area contributed by atoms with Crippen LogP contribution < -0.4 is 26.6 Å². The van der Waals surface area contributed by atoms with Gasteiger partial charge in [0.2, 0.25) is 0 Å². The molecular weight excluding hydrogens is 356 g/mol. The van der Waals surface area contributed by atoms with Gasteiger partial charge in [-0.05, 0) is 51.6 Å². The van der Waals surface area contributed by atoms with Crippen molar-refractivity contribution in [1.29, 1.82) is 0 Å². The molecular formula is C20H40N6O2. The summed E-state index contributed by atoms with van der Waals surface area (Å²) in [5.41, 5.74) is 0. The van der Waals surface area contributed by atoms with Crippen LogP contribution in [0.4, 0.5) is 0 Å². The average molecular weight is 397 g/mol. The second-order valence-corrected chi connectivity index (χ2v) is 8.95. The number of hydrogen-bond donors (Lipinski definition) is 5. The monoisotopic (exact) mass is 396 g/mol. The first-order valence-electron chi connectivity index (χ1n) is 11.3. The molecule has 0 aromatic rings. The SMILES string of the molecule is CNC1CCNC(NC2CNC(OC)C(OC[C@@H]3CCN(C4CCC4)C3)C2)N1. The summed E-state index contributed by atoms with van der Waals surface area (Å²) in [6, 6.07) is 1.21. The summed E-state index contributed by atoms with van der Waals surface area (Å²) in [4.78, 5) is 2.69. The smallest absolute Gasteiger partial charge is 0.134 e. The number of methoxy groups -OCH3 is 1. The predicted molar refractivity (Wildman–Crippen MR) is 110 cm³/mol. The molecule has 5 unspecified atom stereocenters. The Labute approximate surface area is 169 Å². The fourth-order valence-electron chi connectivity index (χ4n) is 5.02. The van der Waals surface area contributed by atoms with Crippen molar-refractivity contribution in [2.75, 3.05) is 46.9 Å². The van der Waals surface area contributed by atoms with E-state index in [4.69, 9.17) is 9.47 Å². The van der Waals surface area contributed by atoms with E-state index in [1.807, 2.05) is 7.05 Å². The van der Waals surface area contributed by atoms with Crippen LogP contribution in [-0.2, 0) is 9.47 Å². The van der Waals surface area contributed by atoms with Crippen LogP contribution in [0.15, 0.2) is 0 Å². The van der Waals surface area contributed by atoms with Crippen molar-refractivity contribution in [2.24, 2.45) is 5.92 Å². The number of piperidine rings is 1. The Bertz CT molecular complexity index is 480. The van der Waals surface area contributed by atoms with Crippen molar-refractivity contribution in [3.05, 3.63) is 0 Å². The maximum atomic E-state index is 6.40. The van der Waals surface area contributed by atoms with Gasteiger partial charge in [0.05, 0.1) is 18.9 Å². The number of rotatable bonds is 8. The molecule has 3 aliphatic heterocycles. The maximum Gasteiger partial charge on any atom is 0.134 e. The van der Waals surface area contributed by atoms with Crippen molar-refractivity contribution in [3.63, 3.8) is 0 Å². The number of nitrogens with one attached hydrogen (secondary N) is 5. The third kappa shape index (κ3) is 5.23. The minimum atomic E-state index is -0.0143. The Balaban J connectivity index is 1.22. The first-order chi connectivity index (χ1) is 13.7. The lowest BCUT2D eigenvalue weighted by Gasteiger charge is -2.40. The first kappa shape index (κ1) is 20.9. The highest BCUT2D eigenvalue weighted by atomic mass is 16.5. The molecule has 1 aliphatic carbocycles. The fourth-order valence-corrected chi connectivity index (χ4v) is 5.02. The van der Waals surface area contributed by atoms with Crippen LogP contribution >= 0.6 is 0 Å². The number of hydrogen-bond acceptors (Lipinski definition) is 8. The minimum Gasteiger partial charge on any atom is -0.374 e. The van der Waals surface area contributed by atoms with Gasteiger partial charge in [-0.25, -0.2) is 0 Å². The van der Waals surface area contributed by atoms with E-state index in [1.165, 1.54) is 38.8 Å². The Morgan fingerprint density at radius 2 is 2.04 bits per heavy atom. The highest BCUT2D eigenvalue weighted by molar-refractivity contribution is 4.89. The van der Waals surface area contributed by atoms with Crippen molar-refractivity contribution >= 4 is 0 Å². The molecule has 0 amide bonds. The topological polar surface area (TPSA) is 81.8 Å². The molecule has 162 valence electrons. The summed E-state index contributed by atoms with van der Waals surface area (Å²) in [5, 5.41) is 17.6. The lowest BCUT2D eigenvalue weighted by atomic mass is 9.92. The van der Waals surface area contributed by atoms with Crippen molar-refractivity contribution in [2.45, 2.75) is 75.4 Å². The van der Waals surface area contributed by atoms with Gasteiger partial charge < -0.3 is 19.7 Å². The van der Waals surface area contributed by atoms with Gasteiger partial charge in [-0.1, -0.05) is 6.42 Å². The average Bonchev–Trinajstić information content (AvgIpc) is 3.13. The molecule has 1 saturated carbocycles. The second kappa shape index (κ2) is 10.1. The molecule has 8 nitrogen and oxygen atoms in total. The van der Waals surface area contributed by atoms with E-state index >= 15 is 0 Å². The van der Waals surface area contributed by atoms with Crippen LogP contribution in [-0.4, -0.2) is 88.7 Å². The van der Waals surface area contributed by atoms with E-state index in [9.17, 15) is 0 Å². The maximum absolute atomic E-state index is 6.40. The molecule has 4 fully saturated rings. The van der Waals surface area contributed by atoms with E-state index in [2.05, 4.69) is 31.5 Å². The predicted octanol–water partition coefficient (Wildman–Crippen LogP) is -0.418. The molecule has 0 spiro atoms. The Hall–Kier alpha value is -0.320. The van der Waals surface area contributed by atoms with Crippen LogP contribution in [0.2, 0.25) is 0 Å². The largest absolute Gasteiger partial charge is 0.374 e. The van der Waals surface area contributed by atoms with Gasteiger partial charge in [-0.2, -0.15) is 0 Å². The molecule has 8 heteroatoms. The molecule has 0 bridgehead atoms. The molecule has 28 heavy (non-hydrogen) atoms. The normalized spacial score (nSPS) is 40.5. The van der Waals surface area contributed by atoms with Crippen LogP contribution in [0.1, 0.15) is 38.5 Å². The summed E-state index contributed by atoms with van der Waals surface area (Å²) in [6.45, 7) is 5.22. The third-order valence-corrected chi connectivity index (χ3v) is 7.03. The third-order valence-electron chi connectivity index (χ3n) is 7.03. The van der Waals surface area contributed by atoms with Gasteiger partial charge in [-0.3, -0.25) is 21.3 Å². The first-order valence-corrected chi connectivity index (χ1v) is 11.3. The summed E-state index contributed by atoms with van der Waals surface area (Å²) >= 11 is 0. The molecule has 3 saturated heterocycles. The van der Waals surface area contributed by atoms with Crippen molar-refractivity contribution in [1.82, 2.24) is 31.5 Å². The summed E-state index contributed by atoms with van der Waals surface area (Å²) in [7, 11) is 3.78. The van der Waals surface area contributed by atoms with E-state index < -0.39 is 0 Å². The zero-order chi connectivity index (χ0) is 19.3. The summed E-state index contributed by atoms with van der Waals surface area (Å²) in [5.74, 6) is 0.671. The Kier molecular flexibility index (Phi) is 7.57. The molecule has 4 rings (SSSR count). The molecule has 6 atom stereocenters. The van der Waals surface area contributed by atoms with Crippen LogP contribution in [0, 0.1) is 5.92 Å². The van der Waals surface area contributed by atoms with Crippen molar-refractivity contribution in [3.8, 4) is 0 Å². The molecule has 4 aliphatic rings. The number of ether oxygens (including phenoxy) is 2. The summed E-state index contributed by atoms with van der Waals surface area (Å²) in [6.07, 6.45) is 8.12. The second-order valence-electron chi connectivity index (χ2n) is 8.95. The van der Waals surface area contributed by atoms with Gasteiger partial charge in [0.15, 0.2) is 0 Å². The van der Waals surface area contributed by atoms with Crippen LogP contribution in [0.5, 0.6) is 0 Å². The zero-order valence-corrected chi connectivity index (χ0v) is 17.6. The van der Waals surface area contributed by atoms with Crippen LogP contribution in [0.25, 0.3) is 0 Å². The number of nitrogens with zero attached hydrogens (tertiary/aromatic N) is 1. The van der Waals surface area contributed by atoms with Gasteiger partial charge in [-0.15, -0.1) is 0 Å². The highest BCUT2D eigenvalue weighted by Gasteiger charge is 2.35. The molecule has 0 aromatic heterocycles. The molecule has 3 heterocycles. The highest BCUT2D eigenvalue weighted by Crippen LogP contribution is 2.30. The number of likely N-dealkylation sites (tertiary alicyclic amines) is 1. The Morgan fingerprint density at radius 3 is 2.79 bits per heavy atom.